The molecule has 166 valence electrons. The second-order valence-electron chi connectivity index (χ2n) is 9.08. The Labute approximate surface area is 185 Å². The molecule has 6 heteroatoms. The molecule has 0 unspecified atom stereocenters. The van der Waals surface area contributed by atoms with E-state index in [9.17, 15) is 9.59 Å². The number of amides is 3. The van der Waals surface area contributed by atoms with Crippen LogP contribution in [0.2, 0.25) is 0 Å². The van der Waals surface area contributed by atoms with E-state index in [1.54, 1.807) is 4.90 Å². The lowest BCUT2D eigenvalue weighted by Gasteiger charge is -2.35. The number of benzene rings is 1. The zero-order chi connectivity index (χ0) is 21.8. The van der Waals surface area contributed by atoms with Crippen LogP contribution < -0.4 is 5.32 Å². The van der Waals surface area contributed by atoms with E-state index in [0.29, 0.717) is 12.6 Å². The first-order valence-electron chi connectivity index (χ1n) is 11.6. The number of anilines is 1. The Morgan fingerprint density at radius 3 is 2.39 bits per heavy atom. The van der Waals surface area contributed by atoms with Crippen LogP contribution in [0.5, 0.6) is 0 Å². The molecule has 2 fully saturated rings. The molecule has 4 rings (SSSR count). The van der Waals surface area contributed by atoms with Crippen molar-refractivity contribution < 1.29 is 9.59 Å². The molecule has 1 heterocycles. The van der Waals surface area contributed by atoms with Crippen LogP contribution in [0.3, 0.4) is 0 Å². The molecular formula is C25H34N4O2. The van der Waals surface area contributed by atoms with Crippen LogP contribution in [0.1, 0.15) is 56.2 Å². The number of aryl methyl sites for hydroxylation is 2. The van der Waals surface area contributed by atoms with Gasteiger partial charge in [0.05, 0.1) is 6.54 Å². The third-order valence-corrected chi connectivity index (χ3v) is 6.54. The van der Waals surface area contributed by atoms with Gasteiger partial charge in [-0.05, 0) is 62.4 Å². The zero-order valence-electron chi connectivity index (χ0n) is 18.7. The van der Waals surface area contributed by atoms with Crippen LogP contribution in [0.15, 0.2) is 42.6 Å². The maximum absolute atomic E-state index is 13.4. The zero-order valence-corrected chi connectivity index (χ0v) is 18.7. The molecule has 31 heavy (non-hydrogen) atoms. The number of hydrogen-bond acceptors (Lipinski definition) is 2. The van der Waals surface area contributed by atoms with E-state index in [1.807, 2.05) is 55.4 Å². The summed E-state index contributed by atoms with van der Waals surface area (Å²) in [5.41, 5.74) is 3.00. The number of nitrogens with one attached hydrogen (secondary N) is 1. The smallest absolute Gasteiger partial charge is 0.322 e. The summed E-state index contributed by atoms with van der Waals surface area (Å²) in [6, 6.07) is 12.1. The van der Waals surface area contributed by atoms with Gasteiger partial charge in [-0.25, -0.2) is 4.79 Å². The largest absolute Gasteiger partial charge is 0.353 e. The SMILES string of the molecule is Cc1cccc(NC(=O)N(CC(=O)N(Cc2cccn2C)C2CC2)C2CCCCC2)c1. The van der Waals surface area contributed by atoms with Gasteiger partial charge in [0, 0.05) is 36.7 Å². The Morgan fingerprint density at radius 2 is 1.74 bits per heavy atom. The summed E-state index contributed by atoms with van der Waals surface area (Å²) in [4.78, 5) is 30.5. The molecule has 1 aromatic carbocycles. The summed E-state index contributed by atoms with van der Waals surface area (Å²) in [7, 11) is 2.01. The van der Waals surface area contributed by atoms with Gasteiger partial charge in [0.1, 0.15) is 6.54 Å². The van der Waals surface area contributed by atoms with Crippen molar-refractivity contribution in [3.05, 3.63) is 53.9 Å². The van der Waals surface area contributed by atoms with Crippen molar-refractivity contribution in [2.24, 2.45) is 7.05 Å². The van der Waals surface area contributed by atoms with Crippen molar-refractivity contribution in [2.45, 2.75) is 70.5 Å². The molecule has 1 N–H and O–H groups in total. The van der Waals surface area contributed by atoms with E-state index >= 15 is 0 Å². The normalized spacial score (nSPS) is 16.7. The second-order valence-corrected chi connectivity index (χ2v) is 9.08. The monoisotopic (exact) mass is 422 g/mol. The predicted octanol–water partition coefficient (Wildman–Crippen LogP) is 4.69. The van der Waals surface area contributed by atoms with Gasteiger partial charge in [0.2, 0.25) is 5.91 Å². The van der Waals surface area contributed by atoms with Crippen molar-refractivity contribution in [1.82, 2.24) is 14.4 Å². The summed E-state index contributed by atoms with van der Waals surface area (Å²) in [6.45, 7) is 2.75. The summed E-state index contributed by atoms with van der Waals surface area (Å²) in [5, 5.41) is 3.04. The van der Waals surface area contributed by atoms with E-state index in [-0.39, 0.29) is 24.5 Å². The molecule has 3 amide bonds. The summed E-state index contributed by atoms with van der Waals surface area (Å²) in [6.07, 6.45) is 9.48. The first-order valence-corrected chi connectivity index (χ1v) is 11.6. The Kier molecular flexibility index (Phi) is 6.64. The predicted molar refractivity (Wildman–Crippen MR) is 123 cm³/mol. The van der Waals surface area contributed by atoms with E-state index in [4.69, 9.17) is 0 Å². The lowest BCUT2D eigenvalue weighted by atomic mass is 9.94. The molecule has 0 spiro atoms. The Morgan fingerprint density at radius 1 is 1.00 bits per heavy atom. The molecular weight excluding hydrogens is 388 g/mol. The van der Waals surface area contributed by atoms with Gasteiger partial charge in [-0.2, -0.15) is 0 Å². The molecule has 2 aliphatic rings. The second kappa shape index (κ2) is 9.58. The Hall–Kier alpha value is -2.76. The van der Waals surface area contributed by atoms with Gasteiger partial charge in [-0.3, -0.25) is 4.79 Å². The van der Waals surface area contributed by atoms with Gasteiger partial charge in [0.15, 0.2) is 0 Å². The molecule has 2 aromatic rings. The fourth-order valence-electron chi connectivity index (χ4n) is 4.56. The molecule has 0 radical (unpaired) electrons. The van der Waals surface area contributed by atoms with Crippen LogP contribution in [-0.4, -0.2) is 44.9 Å². The van der Waals surface area contributed by atoms with E-state index < -0.39 is 0 Å². The van der Waals surface area contributed by atoms with Gasteiger partial charge in [0.25, 0.3) is 0 Å². The highest BCUT2D eigenvalue weighted by molar-refractivity contribution is 5.92. The number of aromatic nitrogens is 1. The average molecular weight is 423 g/mol. The molecule has 0 saturated heterocycles. The van der Waals surface area contributed by atoms with Crippen LogP contribution in [-0.2, 0) is 18.4 Å². The lowest BCUT2D eigenvalue weighted by Crippen LogP contribution is -2.50. The van der Waals surface area contributed by atoms with E-state index in [1.165, 1.54) is 6.42 Å². The standard InChI is InChI=1S/C25H34N4O2/c1-19-8-6-9-20(16-19)26-25(31)29(21-10-4-3-5-11-21)18-24(30)28(22-13-14-22)17-23-12-7-15-27(23)2/h6-9,12,15-16,21-22H,3-5,10-11,13-14,17-18H2,1-2H3,(H,26,31). The first kappa shape index (κ1) is 21.5. The third-order valence-electron chi connectivity index (χ3n) is 6.54. The number of nitrogens with zero attached hydrogens (tertiary/aromatic N) is 3. The van der Waals surface area contributed by atoms with E-state index in [2.05, 4.69) is 16.0 Å². The number of carbonyl (C=O) groups excluding carboxylic acids is 2. The van der Waals surface area contributed by atoms with Crippen LogP contribution in [0.4, 0.5) is 10.5 Å². The topological polar surface area (TPSA) is 57.6 Å². The summed E-state index contributed by atoms with van der Waals surface area (Å²) in [5.74, 6) is 0.0497. The van der Waals surface area contributed by atoms with Crippen LogP contribution in [0.25, 0.3) is 0 Å². The highest BCUT2D eigenvalue weighted by atomic mass is 16.2. The maximum Gasteiger partial charge on any atom is 0.322 e. The molecule has 2 saturated carbocycles. The Bertz CT molecular complexity index is 912. The van der Waals surface area contributed by atoms with Crippen molar-refractivity contribution in [1.29, 1.82) is 0 Å². The van der Waals surface area contributed by atoms with Crippen molar-refractivity contribution in [3.8, 4) is 0 Å². The first-order chi connectivity index (χ1) is 15.0. The van der Waals surface area contributed by atoms with E-state index in [0.717, 1.165) is 55.5 Å². The molecule has 1 aromatic heterocycles. The number of hydrogen-bond donors (Lipinski definition) is 1. The fourth-order valence-corrected chi connectivity index (χ4v) is 4.56. The number of rotatable bonds is 7. The average Bonchev–Trinajstić information content (AvgIpc) is 3.52. The minimum atomic E-state index is -0.166. The fraction of sp³-hybridized carbons (Fsp3) is 0.520. The molecule has 0 aliphatic heterocycles. The van der Waals surface area contributed by atoms with Gasteiger partial charge in [-0.15, -0.1) is 0 Å². The van der Waals surface area contributed by atoms with Gasteiger partial charge < -0.3 is 19.7 Å². The number of carbonyl (C=O) groups is 2. The van der Waals surface area contributed by atoms with Crippen molar-refractivity contribution in [3.63, 3.8) is 0 Å². The lowest BCUT2D eigenvalue weighted by molar-refractivity contribution is -0.133. The van der Waals surface area contributed by atoms with Crippen LogP contribution >= 0.6 is 0 Å². The maximum atomic E-state index is 13.4. The van der Waals surface area contributed by atoms with Crippen molar-refractivity contribution in [2.75, 3.05) is 11.9 Å². The van der Waals surface area contributed by atoms with Crippen LogP contribution in [0, 0.1) is 6.92 Å². The number of urea groups is 1. The highest BCUT2D eigenvalue weighted by Crippen LogP contribution is 2.30. The van der Waals surface area contributed by atoms with Gasteiger partial charge >= 0.3 is 6.03 Å². The third kappa shape index (κ3) is 5.49. The highest BCUT2D eigenvalue weighted by Gasteiger charge is 2.35. The molecule has 0 bridgehead atoms. The summed E-state index contributed by atoms with van der Waals surface area (Å²) >= 11 is 0. The molecule has 0 atom stereocenters. The quantitative estimate of drug-likeness (QED) is 0.704. The van der Waals surface area contributed by atoms with Crippen molar-refractivity contribution >= 4 is 17.6 Å². The summed E-state index contributed by atoms with van der Waals surface area (Å²) < 4.78 is 2.06. The van der Waals surface area contributed by atoms with Gasteiger partial charge in [-0.1, -0.05) is 31.4 Å². The minimum absolute atomic E-state index is 0.0497. The Balaban J connectivity index is 1.49. The molecule has 2 aliphatic carbocycles. The minimum Gasteiger partial charge on any atom is -0.353 e. The molecule has 6 nitrogen and oxygen atoms in total.